The minimum absolute atomic E-state index is 0.123. The Kier molecular flexibility index (Phi) is 3.64. The standard InChI is InChI=1S/C14H15NO4/c1-3-19-14(18)13(17)10-8-15(2)11-7-5-4-6-9(11)12(10)16/h4-7,10H,3,8H2,1-2H3. The van der Waals surface area contributed by atoms with Crippen molar-refractivity contribution < 1.29 is 19.1 Å². The minimum atomic E-state index is -0.973. The second-order valence-corrected chi connectivity index (χ2v) is 4.40. The van der Waals surface area contributed by atoms with Crippen LogP contribution in [0.2, 0.25) is 0 Å². The zero-order valence-electron chi connectivity index (χ0n) is 10.9. The van der Waals surface area contributed by atoms with Crippen molar-refractivity contribution in [2.75, 3.05) is 25.1 Å². The van der Waals surface area contributed by atoms with Crippen LogP contribution in [0.3, 0.4) is 0 Å². The van der Waals surface area contributed by atoms with Gasteiger partial charge in [-0.15, -0.1) is 0 Å². The van der Waals surface area contributed by atoms with Crippen LogP contribution in [0.25, 0.3) is 0 Å². The first-order valence-electron chi connectivity index (χ1n) is 6.11. The molecule has 1 aromatic rings. The van der Waals surface area contributed by atoms with E-state index in [0.29, 0.717) is 5.56 Å². The number of Topliss-reactive ketones (excluding diaryl/α,β-unsaturated/α-hetero) is 2. The third kappa shape index (κ3) is 2.36. The van der Waals surface area contributed by atoms with Crippen molar-refractivity contribution in [1.82, 2.24) is 0 Å². The van der Waals surface area contributed by atoms with E-state index >= 15 is 0 Å². The number of ketones is 2. The molecule has 1 heterocycles. The van der Waals surface area contributed by atoms with E-state index in [1.54, 1.807) is 31.0 Å². The van der Waals surface area contributed by atoms with E-state index in [-0.39, 0.29) is 18.9 Å². The highest BCUT2D eigenvalue weighted by atomic mass is 16.5. The van der Waals surface area contributed by atoms with Gasteiger partial charge in [0, 0.05) is 24.8 Å². The summed E-state index contributed by atoms with van der Waals surface area (Å²) in [7, 11) is 1.79. The van der Waals surface area contributed by atoms with Crippen molar-refractivity contribution in [3.05, 3.63) is 29.8 Å². The Labute approximate surface area is 111 Å². The number of hydrogen-bond acceptors (Lipinski definition) is 5. The van der Waals surface area contributed by atoms with Crippen molar-refractivity contribution in [3.63, 3.8) is 0 Å². The maximum Gasteiger partial charge on any atom is 0.375 e. The van der Waals surface area contributed by atoms with E-state index in [9.17, 15) is 14.4 Å². The molecular formula is C14H15NO4. The summed E-state index contributed by atoms with van der Waals surface area (Å²) in [4.78, 5) is 37.5. The second kappa shape index (κ2) is 5.22. The number of anilines is 1. The van der Waals surface area contributed by atoms with Crippen molar-refractivity contribution >= 4 is 23.2 Å². The van der Waals surface area contributed by atoms with Gasteiger partial charge in [-0.2, -0.15) is 0 Å². The van der Waals surface area contributed by atoms with Gasteiger partial charge in [0.2, 0.25) is 0 Å². The molecule has 0 spiro atoms. The fraction of sp³-hybridized carbons (Fsp3) is 0.357. The topological polar surface area (TPSA) is 63.7 Å². The lowest BCUT2D eigenvalue weighted by atomic mass is 9.88. The molecule has 1 aliphatic rings. The van der Waals surface area contributed by atoms with E-state index in [2.05, 4.69) is 4.74 Å². The molecule has 0 saturated heterocycles. The first kappa shape index (κ1) is 13.3. The zero-order chi connectivity index (χ0) is 14.0. The van der Waals surface area contributed by atoms with E-state index in [1.807, 2.05) is 12.1 Å². The Balaban J connectivity index is 2.30. The number of hydrogen-bond donors (Lipinski definition) is 0. The van der Waals surface area contributed by atoms with Gasteiger partial charge in [-0.05, 0) is 19.1 Å². The lowest BCUT2D eigenvalue weighted by molar-refractivity contribution is -0.154. The maximum atomic E-state index is 12.3. The average Bonchev–Trinajstić information content (AvgIpc) is 2.42. The number of carbonyl (C=O) groups excluding carboxylic acids is 3. The summed E-state index contributed by atoms with van der Waals surface area (Å²) >= 11 is 0. The highest BCUT2D eigenvalue weighted by molar-refractivity contribution is 6.40. The molecule has 0 fully saturated rings. The third-order valence-corrected chi connectivity index (χ3v) is 3.15. The molecule has 2 rings (SSSR count). The van der Waals surface area contributed by atoms with Crippen LogP contribution in [0, 0.1) is 5.92 Å². The van der Waals surface area contributed by atoms with Crippen molar-refractivity contribution in [3.8, 4) is 0 Å². The first-order chi connectivity index (χ1) is 9.06. The molecule has 0 amide bonds. The number of ether oxygens (including phenoxy) is 1. The summed E-state index contributed by atoms with van der Waals surface area (Å²) in [6.07, 6.45) is 0. The van der Waals surface area contributed by atoms with Crippen LogP contribution in [-0.2, 0) is 14.3 Å². The fourth-order valence-electron chi connectivity index (χ4n) is 2.20. The number of esters is 1. The highest BCUT2D eigenvalue weighted by Crippen LogP contribution is 2.28. The lowest BCUT2D eigenvalue weighted by Gasteiger charge is -2.30. The van der Waals surface area contributed by atoms with Gasteiger partial charge in [-0.3, -0.25) is 9.59 Å². The Hall–Kier alpha value is -2.17. The Bertz CT molecular complexity index is 538. The zero-order valence-corrected chi connectivity index (χ0v) is 10.9. The van der Waals surface area contributed by atoms with Gasteiger partial charge in [-0.25, -0.2) is 4.79 Å². The molecule has 0 radical (unpaired) electrons. The Morgan fingerprint density at radius 1 is 1.37 bits per heavy atom. The Morgan fingerprint density at radius 3 is 2.74 bits per heavy atom. The summed E-state index contributed by atoms with van der Waals surface area (Å²) in [6, 6.07) is 7.05. The van der Waals surface area contributed by atoms with Gasteiger partial charge in [0.05, 0.1) is 6.61 Å². The number of nitrogens with zero attached hydrogens (tertiary/aromatic N) is 1. The SMILES string of the molecule is CCOC(=O)C(=O)C1CN(C)c2ccccc2C1=O. The summed E-state index contributed by atoms with van der Waals surface area (Å²) in [5.74, 6) is -2.99. The second-order valence-electron chi connectivity index (χ2n) is 4.40. The van der Waals surface area contributed by atoms with Crippen molar-refractivity contribution in [1.29, 1.82) is 0 Å². The van der Waals surface area contributed by atoms with Crippen LogP contribution >= 0.6 is 0 Å². The monoisotopic (exact) mass is 261 g/mol. The van der Waals surface area contributed by atoms with Gasteiger partial charge in [0.25, 0.3) is 5.78 Å². The molecule has 100 valence electrons. The predicted octanol–water partition coefficient (Wildman–Crippen LogP) is 1.07. The molecule has 5 heteroatoms. The third-order valence-electron chi connectivity index (χ3n) is 3.15. The normalized spacial score (nSPS) is 17.9. The predicted molar refractivity (Wildman–Crippen MR) is 69.2 cm³/mol. The molecule has 0 bridgehead atoms. The van der Waals surface area contributed by atoms with E-state index < -0.39 is 17.7 Å². The molecule has 0 N–H and O–H groups in total. The number of para-hydroxylation sites is 1. The fourth-order valence-corrected chi connectivity index (χ4v) is 2.20. The summed E-state index contributed by atoms with van der Waals surface area (Å²) in [5, 5.41) is 0. The molecule has 0 aromatic heterocycles. The number of carbonyl (C=O) groups is 3. The van der Waals surface area contributed by atoms with Crippen LogP contribution in [0.1, 0.15) is 17.3 Å². The van der Waals surface area contributed by atoms with E-state index in [0.717, 1.165) is 5.69 Å². The molecule has 1 aromatic carbocycles. The first-order valence-corrected chi connectivity index (χ1v) is 6.11. The van der Waals surface area contributed by atoms with Crippen molar-refractivity contribution in [2.45, 2.75) is 6.92 Å². The van der Waals surface area contributed by atoms with E-state index in [1.165, 1.54) is 0 Å². The van der Waals surface area contributed by atoms with Gasteiger partial charge >= 0.3 is 5.97 Å². The summed E-state index contributed by atoms with van der Waals surface area (Å²) < 4.78 is 4.67. The van der Waals surface area contributed by atoms with Crippen LogP contribution in [0.5, 0.6) is 0 Å². The number of rotatable bonds is 3. The number of fused-ring (bicyclic) bond motifs is 1. The molecule has 0 aliphatic carbocycles. The van der Waals surface area contributed by atoms with Crippen LogP contribution < -0.4 is 4.90 Å². The largest absolute Gasteiger partial charge is 0.460 e. The average molecular weight is 261 g/mol. The Morgan fingerprint density at radius 2 is 2.05 bits per heavy atom. The molecule has 5 nitrogen and oxygen atoms in total. The summed E-state index contributed by atoms with van der Waals surface area (Å²) in [5.41, 5.74) is 1.25. The van der Waals surface area contributed by atoms with Gasteiger partial charge < -0.3 is 9.64 Å². The summed E-state index contributed by atoms with van der Waals surface area (Å²) in [6.45, 7) is 1.95. The molecule has 1 unspecified atom stereocenters. The highest BCUT2D eigenvalue weighted by Gasteiger charge is 2.38. The lowest BCUT2D eigenvalue weighted by Crippen LogP contribution is -2.43. The van der Waals surface area contributed by atoms with Crippen LogP contribution in [0.4, 0.5) is 5.69 Å². The number of benzene rings is 1. The molecular weight excluding hydrogens is 246 g/mol. The quantitative estimate of drug-likeness (QED) is 0.462. The maximum absolute atomic E-state index is 12.3. The molecule has 0 saturated carbocycles. The molecule has 1 atom stereocenters. The van der Waals surface area contributed by atoms with Gasteiger partial charge in [0.15, 0.2) is 5.78 Å². The van der Waals surface area contributed by atoms with Gasteiger partial charge in [0.1, 0.15) is 5.92 Å². The van der Waals surface area contributed by atoms with Gasteiger partial charge in [-0.1, -0.05) is 12.1 Å². The van der Waals surface area contributed by atoms with E-state index in [4.69, 9.17) is 0 Å². The minimum Gasteiger partial charge on any atom is -0.460 e. The molecule has 19 heavy (non-hydrogen) atoms. The van der Waals surface area contributed by atoms with Crippen LogP contribution in [0.15, 0.2) is 24.3 Å². The molecule has 1 aliphatic heterocycles. The smallest absolute Gasteiger partial charge is 0.375 e. The van der Waals surface area contributed by atoms with Crippen LogP contribution in [-0.4, -0.2) is 37.7 Å². The van der Waals surface area contributed by atoms with Crippen molar-refractivity contribution in [2.24, 2.45) is 5.92 Å².